The summed E-state index contributed by atoms with van der Waals surface area (Å²) in [7, 11) is -3.29. The highest BCUT2D eigenvalue weighted by molar-refractivity contribution is 6.59. The van der Waals surface area contributed by atoms with Gasteiger partial charge >= 0.3 is 14.2 Å². The van der Waals surface area contributed by atoms with E-state index in [4.69, 9.17) is 29.9 Å². The van der Waals surface area contributed by atoms with Crippen molar-refractivity contribution in [3.05, 3.63) is 107 Å². The predicted molar refractivity (Wildman–Crippen MR) is 266 cm³/mol. The van der Waals surface area contributed by atoms with E-state index in [9.17, 15) is 20.1 Å². The summed E-state index contributed by atoms with van der Waals surface area (Å²) in [6, 6.07) is 27.4. The topological polar surface area (TPSA) is 180 Å². The zero-order valence-corrected chi connectivity index (χ0v) is 41.4. The number of ether oxygens (including phenoxy) is 2. The molecule has 2 unspecified atom stereocenters. The largest absolute Gasteiger partial charge is 0.493 e. The number of rotatable bonds is 20. The van der Waals surface area contributed by atoms with Crippen LogP contribution >= 0.6 is 0 Å². The minimum atomic E-state index is -1.65. The van der Waals surface area contributed by atoms with E-state index in [1.165, 1.54) is 25.7 Å². The van der Waals surface area contributed by atoms with E-state index in [1.54, 1.807) is 67.5 Å². The molecule has 0 saturated heterocycles. The summed E-state index contributed by atoms with van der Waals surface area (Å²) in [6.07, 6.45) is 9.18. The molecule has 12 heteroatoms. The second-order valence-corrected chi connectivity index (χ2v) is 19.8. The SMILES string of the molecule is CC(C)(O)C(C)(C)O.CC(C)(O)C(C)(C)O.CCCCC(CC)COc1ccc(C2(c3ccc(OCC(CC)CCCC)cc3)c3cc(B(O)O)ccc3-c3ccc(B(O)O)cc32)cc1. The van der Waals surface area contributed by atoms with Crippen molar-refractivity contribution in [2.45, 2.75) is 162 Å². The van der Waals surface area contributed by atoms with E-state index >= 15 is 0 Å². The number of benzene rings is 4. The fourth-order valence-corrected chi connectivity index (χ4v) is 7.30. The van der Waals surface area contributed by atoms with Crippen LogP contribution in [0.2, 0.25) is 0 Å². The van der Waals surface area contributed by atoms with Crippen LogP contribution in [0.15, 0.2) is 84.9 Å². The average molecular weight is 899 g/mol. The number of hydrogen-bond acceptors (Lipinski definition) is 10. The monoisotopic (exact) mass is 899 g/mol. The molecule has 2 atom stereocenters. The summed E-state index contributed by atoms with van der Waals surface area (Å²) in [4.78, 5) is 0. The molecule has 0 amide bonds. The first-order valence-corrected chi connectivity index (χ1v) is 23.6. The van der Waals surface area contributed by atoms with Gasteiger partial charge in [0, 0.05) is 0 Å². The van der Waals surface area contributed by atoms with E-state index in [0.717, 1.165) is 70.6 Å². The van der Waals surface area contributed by atoms with Crippen LogP contribution in [-0.2, 0) is 5.41 Å². The molecule has 8 N–H and O–H groups in total. The van der Waals surface area contributed by atoms with Crippen molar-refractivity contribution < 1.29 is 50.0 Å². The second-order valence-electron chi connectivity index (χ2n) is 19.8. The van der Waals surface area contributed by atoms with Crippen molar-refractivity contribution in [1.29, 1.82) is 0 Å². The van der Waals surface area contributed by atoms with E-state index in [2.05, 4.69) is 52.0 Å². The third-order valence-electron chi connectivity index (χ3n) is 13.4. The van der Waals surface area contributed by atoms with E-state index in [-0.39, 0.29) is 0 Å². The molecular formula is C53H80B2O10. The van der Waals surface area contributed by atoms with Crippen LogP contribution in [0.1, 0.15) is 157 Å². The molecule has 0 saturated carbocycles. The lowest BCUT2D eigenvalue weighted by Gasteiger charge is -2.34. The molecule has 0 radical (unpaired) electrons. The Kier molecular flexibility index (Phi) is 20.4. The van der Waals surface area contributed by atoms with E-state index < -0.39 is 42.1 Å². The number of fused-ring (bicyclic) bond motifs is 3. The molecule has 1 aliphatic rings. The Morgan fingerprint density at radius 3 is 1.03 bits per heavy atom. The van der Waals surface area contributed by atoms with Gasteiger partial charge in [0.25, 0.3) is 0 Å². The Morgan fingerprint density at radius 1 is 0.477 bits per heavy atom. The lowest BCUT2D eigenvalue weighted by molar-refractivity contribution is -0.107. The Bertz CT molecular complexity index is 1850. The van der Waals surface area contributed by atoms with Crippen LogP contribution in [0.25, 0.3) is 11.1 Å². The van der Waals surface area contributed by atoms with Crippen LogP contribution in [0, 0.1) is 11.8 Å². The number of unbranched alkanes of at least 4 members (excludes halogenated alkanes) is 2. The summed E-state index contributed by atoms with van der Waals surface area (Å²) in [5.74, 6) is 2.60. The summed E-state index contributed by atoms with van der Waals surface area (Å²) in [6.45, 7) is 22.8. The Hall–Kier alpha value is -3.71. The minimum Gasteiger partial charge on any atom is -0.493 e. The van der Waals surface area contributed by atoms with Crippen molar-refractivity contribution in [2.75, 3.05) is 13.2 Å². The van der Waals surface area contributed by atoms with Gasteiger partial charge in [-0.1, -0.05) is 127 Å². The highest BCUT2D eigenvalue weighted by Gasteiger charge is 2.47. The molecule has 4 aromatic carbocycles. The predicted octanol–water partition coefficient (Wildman–Crippen LogP) is 7.66. The standard InChI is InChI=1S/C41H52B2O6.2C6H14O2/c1-5-9-11-29(7-3)27-48-35-19-13-31(14-20-35)41(32-15-21-36(22-16-32)49-28-30(8-4)12-10-6-2)39-25-33(42(44)45)17-23-37(39)38-24-18-34(43(46)47)26-40(38)41;2*1-5(2,7)6(3,4)8/h13-26,29-30,44-47H,5-12,27-28H2,1-4H3;2*7-8H,1-4H3. The molecule has 358 valence electrons. The third kappa shape index (κ3) is 14.6. The van der Waals surface area contributed by atoms with E-state index in [1.807, 2.05) is 48.5 Å². The Balaban J connectivity index is 0.000000596. The first-order valence-electron chi connectivity index (χ1n) is 23.6. The maximum absolute atomic E-state index is 10.3. The molecule has 4 aromatic rings. The molecule has 65 heavy (non-hydrogen) atoms. The minimum absolute atomic E-state index is 0.383. The fraction of sp³-hybridized carbons (Fsp3) is 0.547. The molecule has 0 bridgehead atoms. The van der Waals surface area contributed by atoms with Gasteiger partial charge < -0.3 is 50.0 Å². The van der Waals surface area contributed by atoms with Gasteiger partial charge in [0.1, 0.15) is 11.5 Å². The maximum atomic E-state index is 10.3. The van der Waals surface area contributed by atoms with Gasteiger partial charge in [-0.05, 0) is 149 Å². The van der Waals surface area contributed by atoms with Gasteiger partial charge in [0.15, 0.2) is 0 Å². The van der Waals surface area contributed by atoms with Crippen LogP contribution in [-0.4, -0.2) is 90.4 Å². The lowest BCUT2D eigenvalue weighted by Crippen LogP contribution is -2.44. The van der Waals surface area contributed by atoms with Crippen LogP contribution in [0.5, 0.6) is 11.5 Å². The Labute approximate surface area is 391 Å². The molecular weight excluding hydrogens is 818 g/mol. The fourth-order valence-electron chi connectivity index (χ4n) is 7.30. The number of aliphatic hydroxyl groups is 4. The van der Waals surface area contributed by atoms with Crippen molar-refractivity contribution in [1.82, 2.24) is 0 Å². The van der Waals surface area contributed by atoms with Crippen molar-refractivity contribution >= 4 is 25.2 Å². The highest BCUT2D eigenvalue weighted by atomic mass is 16.5. The zero-order valence-electron chi connectivity index (χ0n) is 41.4. The van der Waals surface area contributed by atoms with Crippen LogP contribution in [0.3, 0.4) is 0 Å². The zero-order chi connectivity index (χ0) is 49.0. The molecule has 10 nitrogen and oxygen atoms in total. The van der Waals surface area contributed by atoms with E-state index in [0.29, 0.717) is 36.0 Å². The van der Waals surface area contributed by atoms with Crippen molar-refractivity contribution in [3.8, 4) is 22.6 Å². The summed E-state index contributed by atoms with van der Waals surface area (Å²) >= 11 is 0. The highest BCUT2D eigenvalue weighted by Crippen LogP contribution is 2.56. The molecule has 5 rings (SSSR count). The van der Waals surface area contributed by atoms with Crippen molar-refractivity contribution in [3.63, 3.8) is 0 Å². The van der Waals surface area contributed by atoms with Gasteiger partial charge in [0.2, 0.25) is 0 Å². The van der Waals surface area contributed by atoms with Gasteiger partial charge in [-0.25, -0.2) is 0 Å². The maximum Gasteiger partial charge on any atom is 0.488 e. The molecule has 0 fully saturated rings. The molecule has 0 aliphatic heterocycles. The second kappa shape index (κ2) is 23.8. The van der Waals surface area contributed by atoms with Gasteiger partial charge in [0.05, 0.1) is 41.0 Å². The lowest BCUT2D eigenvalue weighted by atomic mass is 9.65. The smallest absolute Gasteiger partial charge is 0.488 e. The normalized spacial score (nSPS) is 14.2. The molecule has 0 heterocycles. The van der Waals surface area contributed by atoms with Crippen molar-refractivity contribution in [2.24, 2.45) is 11.8 Å². The molecule has 0 aromatic heterocycles. The van der Waals surface area contributed by atoms with Gasteiger partial charge in [-0.2, -0.15) is 0 Å². The average Bonchev–Trinajstić information content (AvgIpc) is 3.53. The van der Waals surface area contributed by atoms with Gasteiger partial charge in [-0.15, -0.1) is 0 Å². The molecule has 1 aliphatic carbocycles. The summed E-state index contributed by atoms with van der Waals surface area (Å²) < 4.78 is 12.6. The van der Waals surface area contributed by atoms with Crippen LogP contribution < -0.4 is 20.4 Å². The first kappa shape index (κ1) is 55.6. The Morgan fingerprint density at radius 2 is 0.785 bits per heavy atom. The third-order valence-corrected chi connectivity index (χ3v) is 13.4. The summed E-state index contributed by atoms with van der Waals surface area (Å²) in [5.41, 5.74) is 1.40. The number of hydrogen-bond donors (Lipinski definition) is 8. The molecule has 0 spiro atoms. The first-order chi connectivity index (χ1) is 30.3. The summed E-state index contributed by atoms with van der Waals surface area (Å²) in [5, 5.41) is 77.6. The quantitative estimate of drug-likeness (QED) is 0.0362. The van der Waals surface area contributed by atoms with Gasteiger partial charge in [-0.3, -0.25) is 0 Å². The van der Waals surface area contributed by atoms with Crippen LogP contribution in [0.4, 0.5) is 0 Å².